The molecular weight excluding hydrogens is 349 g/mol. The van der Waals surface area contributed by atoms with E-state index in [2.05, 4.69) is 0 Å². The van der Waals surface area contributed by atoms with Crippen LogP contribution in [0.15, 0.2) is 24.3 Å². The van der Waals surface area contributed by atoms with Crippen LogP contribution >= 0.6 is 0 Å². The highest BCUT2D eigenvalue weighted by atomic mass is 19.4. The van der Waals surface area contributed by atoms with Crippen LogP contribution in [0.4, 0.5) is 18.9 Å². The van der Waals surface area contributed by atoms with Crippen LogP contribution in [0.1, 0.15) is 37.7 Å². The van der Waals surface area contributed by atoms with Gasteiger partial charge in [0.25, 0.3) is 5.91 Å². The van der Waals surface area contributed by atoms with Gasteiger partial charge in [-0.15, -0.1) is 0 Å². The van der Waals surface area contributed by atoms with Crippen molar-refractivity contribution in [2.45, 2.75) is 50.4 Å². The Balaban J connectivity index is 1.91. The molecule has 3 rings (SSSR count). The van der Waals surface area contributed by atoms with Gasteiger partial charge in [-0.3, -0.25) is 14.5 Å². The third kappa shape index (κ3) is 3.48. The molecule has 0 bridgehead atoms. The molecule has 26 heavy (non-hydrogen) atoms. The van der Waals surface area contributed by atoms with Gasteiger partial charge in [-0.05, 0) is 37.9 Å². The van der Waals surface area contributed by atoms with Crippen molar-refractivity contribution in [2.75, 3.05) is 18.1 Å². The van der Waals surface area contributed by atoms with Crippen LogP contribution in [0.2, 0.25) is 0 Å². The summed E-state index contributed by atoms with van der Waals surface area (Å²) < 4.78 is 39.8. The Morgan fingerprint density at radius 2 is 1.88 bits per heavy atom. The number of alkyl halides is 3. The van der Waals surface area contributed by atoms with Crippen LogP contribution in [0, 0.1) is 0 Å². The summed E-state index contributed by atoms with van der Waals surface area (Å²) in [5, 5.41) is 9.24. The van der Waals surface area contributed by atoms with E-state index in [0.717, 1.165) is 31.4 Å². The predicted octanol–water partition coefficient (Wildman–Crippen LogP) is 2.57. The first kappa shape index (κ1) is 18.8. The largest absolute Gasteiger partial charge is 0.418 e. The number of piperidine rings is 1. The van der Waals surface area contributed by atoms with Gasteiger partial charge in [-0.1, -0.05) is 18.6 Å². The maximum absolute atomic E-state index is 13.3. The number of carbonyl (C=O) groups excluding carboxylic acids is 2. The number of hydrogen-bond acceptors (Lipinski definition) is 4. The topological polar surface area (TPSA) is 60.9 Å². The van der Waals surface area contributed by atoms with Crippen molar-refractivity contribution in [1.82, 2.24) is 4.90 Å². The second-order valence-corrected chi connectivity index (χ2v) is 6.70. The molecule has 0 saturated carbocycles. The van der Waals surface area contributed by atoms with E-state index in [0.29, 0.717) is 17.9 Å². The van der Waals surface area contributed by atoms with Gasteiger partial charge in [-0.2, -0.15) is 13.2 Å². The number of hydrogen-bond donors (Lipinski definition) is 1. The molecule has 2 amide bonds. The van der Waals surface area contributed by atoms with Crippen molar-refractivity contribution in [2.24, 2.45) is 0 Å². The minimum absolute atomic E-state index is 0.0311. The molecule has 2 atom stereocenters. The lowest BCUT2D eigenvalue weighted by Crippen LogP contribution is -2.50. The molecule has 2 heterocycles. The van der Waals surface area contributed by atoms with Crippen LogP contribution in [0.25, 0.3) is 0 Å². The second kappa shape index (κ2) is 7.36. The molecule has 0 aliphatic carbocycles. The fraction of sp³-hybridized carbons (Fsp3) is 0.556. The van der Waals surface area contributed by atoms with Gasteiger partial charge in [0.15, 0.2) is 0 Å². The van der Waals surface area contributed by atoms with Crippen LogP contribution in [0.3, 0.4) is 0 Å². The Hall–Kier alpha value is -1.93. The number of benzene rings is 1. The Morgan fingerprint density at radius 1 is 1.15 bits per heavy atom. The number of carbonyl (C=O) groups is 2. The molecule has 1 N–H and O–H groups in total. The molecule has 0 aromatic heterocycles. The minimum atomic E-state index is -4.65. The average molecular weight is 370 g/mol. The lowest BCUT2D eigenvalue weighted by Gasteiger charge is -2.38. The summed E-state index contributed by atoms with van der Waals surface area (Å²) in [6, 6.07) is 3.85. The molecule has 8 heteroatoms. The predicted molar refractivity (Wildman–Crippen MR) is 88.4 cm³/mol. The highest BCUT2D eigenvalue weighted by molar-refractivity contribution is 6.22. The lowest BCUT2D eigenvalue weighted by atomic mass is 9.97. The number of imide groups is 1. The summed E-state index contributed by atoms with van der Waals surface area (Å²) in [5.74, 6) is -1.23. The first-order chi connectivity index (χ1) is 12.3. The zero-order valence-electron chi connectivity index (χ0n) is 14.2. The highest BCUT2D eigenvalue weighted by Crippen LogP contribution is 2.39. The number of rotatable bonds is 4. The molecule has 2 fully saturated rings. The smallest absolute Gasteiger partial charge is 0.396 e. The monoisotopic (exact) mass is 370 g/mol. The van der Waals surface area contributed by atoms with Gasteiger partial charge in [0.1, 0.15) is 0 Å². The molecule has 2 aliphatic rings. The molecule has 142 valence electrons. The van der Waals surface area contributed by atoms with Gasteiger partial charge >= 0.3 is 6.18 Å². The summed E-state index contributed by atoms with van der Waals surface area (Å²) in [5.41, 5.74) is -1.40. The Labute approximate surface area is 149 Å². The van der Waals surface area contributed by atoms with Crippen LogP contribution < -0.4 is 4.90 Å². The molecule has 0 radical (unpaired) electrons. The van der Waals surface area contributed by atoms with Crippen molar-refractivity contribution in [3.8, 4) is 0 Å². The number of aliphatic hydroxyl groups excluding tert-OH is 1. The van der Waals surface area contributed by atoms with Gasteiger partial charge in [-0.25, -0.2) is 4.90 Å². The van der Waals surface area contributed by atoms with E-state index in [9.17, 15) is 27.9 Å². The first-order valence-electron chi connectivity index (χ1n) is 8.74. The standard InChI is InChI=1S/C18H21F3N2O3/c19-18(20,21)13-6-1-2-7-14(13)23-16(25)11-15(17(23)26)22-9-4-3-5-12(22)8-10-24/h1-2,6-7,12,15,24H,3-5,8-11H2/t12-,15-/m1/s1. The zero-order chi connectivity index (χ0) is 18.9. The summed E-state index contributed by atoms with van der Waals surface area (Å²) in [7, 11) is 0. The molecule has 0 unspecified atom stereocenters. The number of likely N-dealkylation sites (tertiary alicyclic amines) is 1. The van der Waals surface area contributed by atoms with Crippen LogP contribution in [-0.2, 0) is 15.8 Å². The Morgan fingerprint density at radius 3 is 2.58 bits per heavy atom. The molecule has 1 aromatic rings. The van der Waals surface area contributed by atoms with E-state index < -0.39 is 35.3 Å². The number of halogens is 3. The number of amides is 2. The molecular formula is C18H21F3N2O3. The zero-order valence-corrected chi connectivity index (χ0v) is 14.2. The Bertz CT molecular complexity index is 691. The molecule has 5 nitrogen and oxygen atoms in total. The van der Waals surface area contributed by atoms with Crippen molar-refractivity contribution in [3.63, 3.8) is 0 Å². The quantitative estimate of drug-likeness (QED) is 0.828. The van der Waals surface area contributed by atoms with E-state index in [-0.39, 0.29) is 19.1 Å². The van der Waals surface area contributed by atoms with Crippen molar-refractivity contribution >= 4 is 17.5 Å². The Kier molecular flexibility index (Phi) is 5.34. The molecule has 2 aliphatic heterocycles. The number of nitrogens with zero attached hydrogens (tertiary/aromatic N) is 2. The summed E-state index contributed by atoms with van der Waals surface area (Å²) in [6.45, 7) is 0.569. The minimum Gasteiger partial charge on any atom is -0.396 e. The fourth-order valence-electron chi connectivity index (χ4n) is 3.93. The molecule has 0 spiro atoms. The molecule has 1 aromatic carbocycles. The summed E-state index contributed by atoms with van der Waals surface area (Å²) >= 11 is 0. The maximum atomic E-state index is 13.3. The third-order valence-electron chi connectivity index (χ3n) is 5.11. The van der Waals surface area contributed by atoms with Gasteiger partial charge in [0.05, 0.1) is 23.7 Å². The van der Waals surface area contributed by atoms with E-state index in [1.165, 1.54) is 12.1 Å². The number of para-hydroxylation sites is 1. The normalized spacial score (nSPS) is 25.2. The first-order valence-corrected chi connectivity index (χ1v) is 8.74. The van der Waals surface area contributed by atoms with Gasteiger partial charge in [0, 0.05) is 12.6 Å². The number of anilines is 1. The fourth-order valence-corrected chi connectivity index (χ4v) is 3.93. The van der Waals surface area contributed by atoms with Crippen molar-refractivity contribution < 1.29 is 27.9 Å². The SMILES string of the molecule is O=C1C[C@@H](N2CCCC[C@@H]2CCO)C(=O)N1c1ccccc1C(F)(F)F. The maximum Gasteiger partial charge on any atom is 0.418 e. The van der Waals surface area contributed by atoms with E-state index in [4.69, 9.17) is 0 Å². The lowest BCUT2D eigenvalue weighted by molar-refractivity contribution is -0.137. The van der Waals surface area contributed by atoms with E-state index in [1.54, 1.807) is 0 Å². The highest BCUT2D eigenvalue weighted by Gasteiger charge is 2.47. The van der Waals surface area contributed by atoms with Gasteiger partial charge < -0.3 is 5.11 Å². The van der Waals surface area contributed by atoms with Crippen LogP contribution in [-0.4, -0.2) is 47.1 Å². The molecule has 2 saturated heterocycles. The van der Waals surface area contributed by atoms with Crippen LogP contribution in [0.5, 0.6) is 0 Å². The van der Waals surface area contributed by atoms with Gasteiger partial charge in [0.2, 0.25) is 5.91 Å². The second-order valence-electron chi connectivity index (χ2n) is 6.70. The summed E-state index contributed by atoms with van der Waals surface area (Å²) in [6.07, 6.45) is -1.67. The average Bonchev–Trinajstić information content (AvgIpc) is 2.89. The van der Waals surface area contributed by atoms with Crippen molar-refractivity contribution in [1.29, 1.82) is 0 Å². The van der Waals surface area contributed by atoms with Crippen molar-refractivity contribution in [3.05, 3.63) is 29.8 Å². The summed E-state index contributed by atoms with van der Waals surface area (Å²) in [4.78, 5) is 27.9. The van der Waals surface area contributed by atoms with E-state index in [1.807, 2.05) is 4.90 Å². The third-order valence-corrected chi connectivity index (χ3v) is 5.11. The van der Waals surface area contributed by atoms with E-state index >= 15 is 0 Å². The number of aliphatic hydroxyl groups is 1.